The molecule has 0 spiro atoms. The highest BCUT2D eigenvalue weighted by Gasteiger charge is 2.20. The van der Waals surface area contributed by atoms with E-state index < -0.39 is 5.97 Å². The predicted molar refractivity (Wildman–Crippen MR) is 93.9 cm³/mol. The highest BCUT2D eigenvalue weighted by atomic mass is 16.6. The van der Waals surface area contributed by atoms with E-state index in [0.29, 0.717) is 23.9 Å². The van der Waals surface area contributed by atoms with Gasteiger partial charge in [0.25, 0.3) is 0 Å². The molecule has 128 valence electrons. The van der Waals surface area contributed by atoms with E-state index >= 15 is 0 Å². The third-order valence-corrected chi connectivity index (χ3v) is 3.41. The summed E-state index contributed by atoms with van der Waals surface area (Å²) in [5.74, 6) is 1.26. The molecule has 0 atom stereocenters. The van der Waals surface area contributed by atoms with Crippen molar-refractivity contribution in [3.8, 4) is 17.2 Å². The normalized spacial score (nSPS) is 11.0. The van der Waals surface area contributed by atoms with Gasteiger partial charge in [-0.2, -0.15) is 0 Å². The van der Waals surface area contributed by atoms with E-state index in [4.69, 9.17) is 14.2 Å². The number of ether oxygens (including phenoxy) is 3. The largest absolute Gasteiger partial charge is 0.490 e. The lowest BCUT2D eigenvalue weighted by molar-refractivity contribution is -0.136. The number of hydrogen-bond donors (Lipinski definition) is 0. The molecule has 4 heteroatoms. The maximum atomic E-state index is 12.1. The Morgan fingerprint density at radius 2 is 1.42 bits per heavy atom. The van der Waals surface area contributed by atoms with Crippen LogP contribution in [-0.4, -0.2) is 19.2 Å². The van der Waals surface area contributed by atoms with Crippen LogP contribution in [0.15, 0.2) is 48.5 Å². The number of benzene rings is 2. The fraction of sp³-hybridized carbons (Fsp3) is 0.350. The molecule has 0 fully saturated rings. The van der Waals surface area contributed by atoms with Crippen LogP contribution >= 0.6 is 0 Å². The van der Waals surface area contributed by atoms with Crippen LogP contribution in [0.4, 0.5) is 0 Å². The third-order valence-electron chi connectivity index (χ3n) is 3.41. The SMILES string of the molecule is CCOc1ccccc1OCC(=O)Oc1ccccc1C(C)(C)C. The maximum Gasteiger partial charge on any atom is 0.349 e. The summed E-state index contributed by atoms with van der Waals surface area (Å²) < 4.78 is 16.5. The number of esters is 1. The zero-order valence-corrected chi connectivity index (χ0v) is 14.7. The molecule has 0 radical (unpaired) electrons. The van der Waals surface area contributed by atoms with Crippen molar-refractivity contribution in [1.82, 2.24) is 0 Å². The van der Waals surface area contributed by atoms with Crippen molar-refractivity contribution in [3.63, 3.8) is 0 Å². The van der Waals surface area contributed by atoms with E-state index in [-0.39, 0.29) is 12.0 Å². The smallest absolute Gasteiger partial charge is 0.349 e. The lowest BCUT2D eigenvalue weighted by Crippen LogP contribution is -2.21. The zero-order chi connectivity index (χ0) is 17.6. The van der Waals surface area contributed by atoms with Crippen LogP contribution in [0.25, 0.3) is 0 Å². The first-order valence-electron chi connectivity index (χ1n) is 8.06. The van der Waals surface area contributed by atoms with Crippen molar-refractivity contribution in [2.45, 2.75) is 33.1 Å². The highest BCUT2D eigenvalue weighted by molar-refractivity contribution is 5.74. The van der Waals surface area contributed by atoms with Crippen molar-refractivity contribution < 1.29 is 19.0 Å². The number of rotatable bonds is 6. The Labute approximate surface area is 143 Å². The first kappa shape index (κ1) is 17.9. The van der Waals surface area contributed by atoms with Crippen molar-refractivity contribution in [3.05, 3.63) is 54.1 Å². The van der Waals surface area contributed by atoms with Crippen LogP contribution < -0.4 is 14.2 Å². The number of para-hydroxylation sites is 3. The Kier molecular flexibility index (Phi) is 5.85. The second kappa shape index (κ2) is 7.86. The molecule has 0 aliphatic heterocycles. The number of carbonyl (C=O) groups is 1. The van der Waals surface area contributed by atoms with Crippen molar-refractivity contribution in [2.75, 3.05) is 13.2 Å². The molecule has 0 N–H and O–H groups in total. The maximum absolute atomic E-state index is 12.1. The van der Waals surface area contributed by atoms with E-state index in [0.717, 1.165) is 5.56 Å². The fourth-order valence-electron chi connectivity index (χ4n) is 2.31. The van der Waals surface area contributed by atoms with Gasteiger partial charge in [0.05, 0.1) is 6.61 Å². The average Bonchev–Trinajstić information content (AvgIpc) is 2.54. The molecule has 2 aromatic rings. The van der Waals surface area contributed by atoms with Gasteiger partial charge in [-0.25, -0.2) is 4.79 Å². The molecule has 0 amide bonds. The van der Waals surface area contributed by atoms with Crippen molar-refractivity contribution in [1.29, 1.82) is 0 Å². The second-order valence-corrected chi connectivity index (χ2v) is 6.39. The molecule has 0 aliphatic carbocycles. The number of hydrogen-bond acceptors (Lipinski definition) is 4. The van der Waals surface area contributed by atoms with Gasteiger partial charge < -0.3 is 14.2 Å². The molecule has 2 rings (SSSR count). The summed E-state index contributed by atoms with van der Waals surface area (Å²) in [5, 5.41) is 0. The first-order chi connectivity index (χ1) is 11.4. The van der Waals surface area contributed by atoms with Crippen LogP contribution in [0.1, 0.15) is 33.3 Å². The van der Waals surface area contributed by atoms with Crippen molar-refractivity contribution >= 4 is 5.97 Å². The van der Waals surface area contributed by atoms with Gasteiger partial charge in [0, 0.05) is 5.56 Å². The van der Waals surface area contributed by atoms with E-state index in [2.05, 4.69) is 20.8 Å². The highest BCUT2D eigenvalue weighted by Crippen LogP contribution is 2.31. The molecule has 0 saturated carbocycles. The van der Waals surface area contributed by atoms with Gasteiger partial charge in [-0.15, -0.1) is 0 Å². The lowest BCUT2D eigenvalue weighted by Gasteiger charge is -2.22. The minimum Gasteiger partial charge on any atom is -0.490 e. The molecule has 24 heavy (non-hydrogen) atoms. The molecule has 0 saturated heterocycles. The van der Waals surface area contributed by atoms with Crippen molar-refractivity contribution in [2.24, 2.45) is 0 Å². The monoisotopic (exact) mass is 328 g/mol. The molecule has 0 heterocycles. The van der Waals surface area contributed by atoms with Gasteiger partial charge in [0.15, 0.2) is 18.1 Å². The van der Waals surface area contributed by atoms with E-state index in [1.807, 2.05) is 37.3 Å². The van der Waals surface area contributed by atoms with Crippen LogP contribution in [-0.2, 0) is 10.2 Å². The molecule has 2 aromatic carbocycles. The molecular weight excluding hydrogens is 304 g/mol. The van der Waals surface area contributed by atoms with Crippen LogP contribution in [0.5, 0.6) is 17.2 Å². The summed E-state index contributed by atoms with van der Waals surface area (Å²) in [7, 11) is 0. The Bertz CT molecular complexity index is 686. The fourth-order valence-corrected chi connectivity index (χ4v) is 2.31. The van der Waals surface area contributed by atoms with E-state index in [1.54, 1.807) is 18.2 Å². The quantitative estimate of drug-likeness (QED) is 0.583. The Hall–Kier alpha value is -2.49. The topological polar surface area (TPSA) is 44.8 Å². The first-order valence-corrected chi connectivity index (χ1v) is 8.06. The summed E-state index contributed by atoms with van der Waals surface area (Å²) in [6, 6.07) is 14.8. The van der Waals surface area contributed by atoms with Crippen LogP contribution in [0.3, 0.4) is 0 Å². The zero-order valence-electron chi connectivity index (χ0n) is 14.7. The van der Waals surface area contributed by atoms with Crippen LogP contribution in [0, 0.1) is 0 Å². The van der Waals surface area contributed by atoms with Gasteiger partial charge in [0.1, 0.15) is 5.75 Å². The second-order valence-electron chi connectivity index (χ2n) is 6.39. The standard InChI is InChI=1S/C20H24O4/c1-5-22-17-12-8-9-13-18(17)23-14-19(21)24-16-11-7-6-10-15(16)20(2,3)4/h6-13H,5,14H2,1-4H3. The molecule has 0 unspecified atom stereocenters. The molecular formula is C20H24O4. The van der Waals surface area contributed by atoms with Gasteiger partial charge in [0.2, 0.25) is 0 Å². The molecule has 0 bridgehead atoms. The van der Waals surface area contributed by atoms with E-state index in [1.165, 1.54) is 0 Å². The van der Waals surface area contributed by atoms with Gasteiger partial charge in [-0.05, 0) is 30.5 Å². The van der Waals surface area contributed by atoms with Gasteiger partial charge in [-0.1, -0.05) is 51.1 Å². The lowest BCUT2D eigenvalue weighted by atomic mass is 9.86. The third kappa shape index (κ3) is 4.75. The molecule has 4 nitrogen and oxygen atoms in total. The summed E-state index contributed by atoms with van der Waals surface area (Å²) >= 11 is 0. The summed E-state index contributed by atoms with van der Waals surface area (Å²) in [6.45, 7) is 8.48. The minimum absolute atomic E-state index is 0.112. The Morgan fingerprint density at radius 3 is 2.00 bits per heavy atom. The minimum atomic E-state index is -0.446. The Balaban J connectivity index is 2.03. The Morgan fingerprint density at radius 1 is 0.875 bits per heavy atom. The average molecular weight is 328 g/mol. The van der Waals surface area contributed by atoms with E-state index in [9.17, 15) is 4.79 Å². The molecule has 0 aliphatic rings. The van der Waals surface area contributed by atoms with Gasteiger partial charge >= 0.3 is 5.97 Å². The predicted octanol–water partition coefficient (Wildman–Crippen LogP) is 4.37. The summed E-state index contributed by atoms with van der Waals surface area (Å²) in [5.41, 5.74) is 0.868. The summed E-state index contributed by atoms with van der Waals surface area (Å²) in [4.78, 5) is 12.1. The number of carbonyl (C=O) groups excluding carboxylic acids is 1. The van der Waals surface area contributed by atoms with Crippen LogP contribution in [0.2, 0.25) is 0 Å². The summed E-state index contributed by atoms with van der Waals surface area (Å²) in [6.07, 6.45) is 0. The van der Waals surface area contributed by atoms with Gasteiger partial charge in [-0.3, -0.25) is 0 Å². The molecule has 0 aromatic heterocycles.